The number of H-pyrrole nitrogens is 1. The molecular formula is C27H20N4O6S. The molecule has 2 aromatic heterocycles. The molecule has 3 aromatic carbocycles. The molecule has 1 amide bonds. The van der Waals surface area contributed by atoms with Crippen LogP contribution in [0.2, 0.25) is 0 Å². The number of benzene rings is 3. The van der Waals surface area contributed by atoms with Crippen molar-refractivity contribution in [3.05, 3.63) is 105 Å². The van der Waals surface area contributed by atoms with Gasteiger partial charge in [-0.15, -0.1) is 0 Å². The van der Waals surface area contributed by atoms with Crippen molar-refractivity contribution in [1.29, 1.82) is 0 Å². The molecule has 2 heterocycles. The number of carbonyl (C=O) groups excluding carboxylic acids is 1. The minimum Gasteiger partial charge on any atom is -0.493 e. The van der Waals surface area contributed by atoms with E-state index in [1.54, 1.807) is 67.6 Å². The summed E-state index contributed by atoms with van der Waals surface area (Å²) in [5, 5.41) is 23.3. The van der Waals surface area contributed by atoms with E-state index in [1.165, 1.54) is 17.0 Å². The quantitative estimate of drug-likeness (QED) is 0.275. The number of hydrogen-bond donors (Lipinski definition) is 3. The van der Waals surface area contributed by atoms with Crippen LogP contribution in [0.15, 0.2) is 82.1 Å². The van der Waals surface area contributed by atoms with Crippen molar-refractivity contribution >= 4 is 28.9 Å². The van der Waals surface area contributed by atoms with Crippen molar-refractivity contribution in [2.75, 3.05) is 4.90 Å². The SMILES string of the molecule is Cc1nc(-c2ccc(C(=O)N(Cc3ccc(-c4sc(=O)[nH]c4O)cc3)c3cccc(C(=O)O)c3)cc2)no1. The molecule has 38 heavy (non-hydrogen) atoms. The van der Waals surface area contributed by atoms with Gasteiger partial charge in [0.15, 0.2) is 0 Å². The molecule has 0 fully saturated rings. The van der Waals surface area contributed by atoms with Crippen LogP contribution in [0, 0.1) is 6.92 Å². The number of nitrogens with zero attached hydrogens (tertiary/aromatic N) is 3. The Morgan fingerprint density at radius 1 is 1.00 bits per heavy atom. The lowest BCUT2D eigenvalue weighted by Gasteiger charge is -2.24. The van der Waals surface area contributed by atoms with Gasteiger partial charge in [0.1, 0.15) is 0 Å². The van der Waals surface area contributed by atoms with Crippen LogP contribution in [0.4, 0.5) is 5.69 Å². The van der Waals surface area contributed by atoms with Crippen molar-refractivity contribution in [3.8, 4) is 27.7 Å². The summed E-state index contributed by atoms with van der Waals surface area (Å²) >= 11 is 0.895. The molecule has 0 saturated heterocycles. The highest BCUT2D eigenvalue weighted by molar-refractivity contribution is 7.13. The first-order chi connectivity index (χ1) is 18.3. The van der Waals surface area contributed by atoms with Crippen LogP contribution < -0.4 is 9.77 Å². The summed E-state index contributed by atoms with van der Waals surface area (Å²) in [6, 6.07) is 19.9. The van der Waals surface area contributed by atoms with Crippen molar-refractivity contribution in [1.82, 2.24) is 15.1 Å². The van der Waals surface area contributed by atoms with E-state index in [9.17, 15) is 24.6 Å². The van der Waals surface area contributed by atoms with Gasteiger partial charge in [0, 0.05) is 23.7 Å². The summed E-state index contributed by atoms with van der Waals surface area (Å²) in [5.41, 5.74) is 2.93. The Bertz CT molecular complexity index is 1690. The van der Waals surface area contributed by atoms with E-state index in [1.807, 2.05) is 0 Å². The second-order valence-corrected chi connectivity index (χ2v) is 9.33. The summed E-state index contributed by atoms with van der Waals surface area (Å²) in [5.74, 6) is -0.806. The predicted octanol–water partition coefficient (Wildman–Crippen LogP) is 4.71. The van der Waals surface area contributed by atoms with Crippen molar-refractivity contribution in [2.45, 2.75) is 13.5 Å². The monoisotopic (exact) mass is 528 g/mol. The van der Waals surface area contributed by atoms with E-state index >= 15 is 0 Å². The molecule has 0 aliphatic heterocycles. The Balaban J connectivity index is 1.47. The highest BCUT2D eigenvalue weighted by Gasteiger charge is 2.20. The zero-order chi connectivity index (χ0) is 26.8. The van der Waals surface area contributed by atoms with E-state index in [0.717, 1.165) is 16.9 Å². The molecule has 0 atom stereocenters. The molecule has 5 aromatic rings. The lowest BCUT2D eigenvalue weighted by Crippen LogP contribution is -2.30. The summed E-state index contributed by atoms with van der Waals surface area (Å²) in [7, 11) is 0. The average Bonchev–Trinajstić information content (AvgIpc) is 3.51. The molecule has 190 valence electrons. The Kier molecular flexibility index (Phi) is 6.58. The van der Waals surface area contributed by atoms with Crippen molar-refractivity contribution in [3.63, 3.8) is 0 Å². The lowest BCUT2D eigenvalue weighted by molar-refractivity contribution is 0.0696. The first kappa shape index (κ1) is 24.7. The summed E-state index contributed by atoms with van der Waals surface area (Å²) in [6.07, 6.45) is 0. The number of aromatic amines is 1. The third kappa shape index (κ3) is 5.08. The van der Waals surface area contributed by atoms with Gasteiger partial charge in [-0.1, -0.05) is 59.0 Å². The topological polar surface area (TPSA) is 150 Å². The van der Waals surface area contributed by atoms with E-state index in [-0.39, 0.29) is 28.8 Å². The highest BCUT2D eigenvalue weighted by atomic mass is 32.1. The van der Waals surface area contributed by atoms with Crippen molar-refractivity contribution < 1.29 is 24.3 Å². The fourth-order valence-corrected chi connectivity index (χ4v) is 4.62. The smallest absolute Gasteiger partial charge is 0.335 e. The first-order valence-electron chi connectivity index (χ1n) is 11.4. The van der Waals surface area contributed by atoms with Crippen LogP contribution in [0.25, 0.3) is 21.8 Å². The third-order valence-corrected chi connectivity index (χ3v) is 6.68. The molecule has 0 aliphatic carbocycles. The minimum atomic E-state index is -1.10. The summed E-state index contributed by atoms with van der Waals surface area (Å²) in [6.45, 7) is 1.83. The molecule has 0 bridgehead atoms. The second-order valence-electron chi connectivity index (χ2n) is 8.35. The number of aromatic carboxylic acids is 1. The van der Waals surface area contributed by atoms with Crippen LogP contribution in [0.1, 0.15) is 32.2 Å². The molecule has 5 rings (SSSR count). The van der Waals surface area contributed by atoms with Gasteiger partial charge in [-0.3, -0.25) is 14.6 Å². The maximum absolute atomic E-state index is 13.7. The van der Waals surface area contributed by atoms with Crippen LogP contribution in [0.5, 0.6) is 5.88 Å². The fraction of sp³-hybridized carbons (Fsp3) is 0.0741. The molecule has 0 spiro atoms. The van der Waals surface area contributed by atoms with Gasteiger partial charge in [-0.2, -0.15) is 4.98 Å². The number of thiazole rings is 1. The second kappa shape index (κ2) is 10.1. The molecule has 0 radical (unpaired) electrons. The minimum absolute atomic E-state index is 0.0521. The summed E-state index contributed by atoms with van der Waals surface area (Å²) < 4.78 is 5.02. The Labute approximate surface area is 219 Å². The van der Waals surface area contributed by atoms with Gasteiger partial charge in [0.05, 0.1) is 17.0 Å². The van der Waals surface area contributed by atoms with E-state index in [2.05, 4.69) is 15.1 Å². The zero-order valence-corrected chi connectivity index (χ0v) is 20.7. The number of aryl methyl sites for hydroxylation is 1. The van der Waals surface area contributed by atoms with Crippen LogP contribution in [-0.2, 0) is 6.54 Å². The van der Waals surface area contributed by atoms with Gasteiger partial charge < -0.3 is 19.6 Å². The largest absolute Gasteiger partial charge is 0.493 e. The van der Waals surface area contributed by atoms with E-state index < -0.39 is 5.97 Å². The Hall–Kier alpha value is -5.03. The van der Waals surface area contributed by atoms with Gasteiger partial charge in [-0.05, 0) is 41.5 Å². The zero-order valence-electron chi connectivity index (χ0n) is 19.9. The van der Waals surface area contributed by atoms with Gasteiger partial charge in [-0.25, -0.2) is 4.79 Å². The predicted molar refractivity (Wildman–Crippen MR) is 140 cm³/mol. The number of aromatic nitrogens is 3. The van der Waals surface area contributed by atoms with Gasteiger partial charge in [0.25, 0.3) is 5.91 Å². The highest BCUT2D eigenvalue weighted by Crippen LogP contribution is 2.30. The Morgan fingerprint density at radius 2 is 1.71 bits per heavy atom. The number of carbonyl (C=O) groups is 2. The molecule has 10 nitrogen and oxygen atoms in total. The number of rotatable bonds is 7. The number of aromatic hydroxyl groups is 1. The maximum Gasteiger partial charge on any atom is 0.335 e. The molecule has 11 heteroatoms. The normalized spacial score (nSPS) is 10.9. The molecule has 3 N–H and O–H groups in total. The van der Waals surface area contributed by atoms with Crippen molar-refractivity contribution in [2.24, 2.45) is 0 Å². The van der Waals surface area contributed by atoms with E-state index in [4.69, 9.17) is 4.52 Å². The number of amides is 1. The van der Waals surface area contributed by atoms with Gasteiger partial charge >= 0.3 is 10.8 Å². The summed E-state index contributed by atoms with van der Waals surface area (Å²) in [4.78, 5) is 44.9. The van der Waals surface area contributed by atoms with Crippen LogP contribution in [-0.4, -0.2) is 37.2 Å². The fourth-order valence-electron chi connectivity index (χ4n) is 3.88. The van der Waals surface area contributed by atoms with Gasteiger partial charge in [0.2, 0.25) is 17.6 Å². The standard InChI is InChI=1S/C27H20N4O6S/c1-15-28-23(30-37-15)18-9-11-19(12-10-18)25(33)31(21-4-2-3-20(13-21)26(34)35)14-16-5-7-17(8-6-16)22-24(32)29-27(36)38-22/h2-13,32H,14H2,1H3,(H,29,36)(H,34,35). The Morgan fingerprint density at radius 3 is 2.32 bits per heavy atom. The molecular weight excluding hydrogens is 508 g/mol. The van der Waals surface area contributed by atoms with E-state index in [0.29, 0.717) is 39.0 Å². The van der Waals surface area contributed by atoms with Crippen LogP contribution in [0.3, 0.4) is 0 Å². The number of carboxylic acid groups (broad SMARTS) is 1. The molecule has 0 aliphatic rings. The third-order valence-electron chi connectivity index (χ3n) is 5.75. The lowest BCUT2D eigenvalue weighted by atomic mass is 10.1. The average molecular weight is 529 g/mol. The molecule has 0 saturated carbocycles. The maximum atomic E-state index is 13.7. The first-order valence-corrected chi connectivity index (χ1v) is 12.2. The number of hydrogen-bond acceptors (Lipinski definition) is 8. The number of anilines is 1. The number of carboxylic acids is 1. The number of nitrogens with one attached hydrogen (secondary N) is 1. The molecule has 0 unspecified atom stereocenters. The van der Waals surface area contributed by atoms with Crippen LogP contribution >= 0.6 is 11.3 Å².